The SMILES string of the molecule is CCOC1CC1C(=O)NCCC1CCNC1.Cl. The maximum atomic E-state index is 11.7. The molecule has 0 aromatic heterocycles. The highest BCUT2D eigenvalue weighted by Gasteiger charge is 2.43. The minimum atomic E-state index is 0. The van der Waals surface area contributed by atoms with Crippen molar-refractivity contribution in [2.75, 3.05) is 26.2 Å². The first-order valence-corrected chi connectivity index (χ1v) is 6.41. The largest absolute Gasteiger partial charge is 0.378 e. The Morgan fingerprint density at radius 1 is 1.53 bits per heavy atom. The Bertz CT molecular complexity index is 245. The summed E-state index contributed by atoms with van der Waals surface area (Å²) in [4.78, 5) is 11.7. The molecule has 100 valence electrons. The molecule has 0 bridgehead atoms. The number of hydrogen-bond acceptors (Lipinski definition) is 3. The number of carbonyl (C=O) groups excluding carboxylic acids is 1. The Labute approximate surface area is 109 Å². The molecule has 0 spiro atoms. The number of ether oxygens (including phenoxy) is 1. The Hall–Kier alpha value is -0.320. The third-order valence-corrected chi connectivity index (χ3v) is 3.46. The predicted molar refractivity (Wildman–Crippen MR) is 69.4 cm³/mol. The van der Waals surface area contributed by atoms with Crippen molar-refractivity contribution in [3.63, 3.8) is 0 Å². The van der Waals surface area contributed by atoms with E-state index in [1.165, 1.54) is 6.42 Å². The molecule has 17 heavy (non-hydrogen) atoms. The molecule has 2 rings (SSSR count). The molecule has 1 heterocycles. The zero-order valence-corrected chi connectivity index (χ0v) is 11.2. The van der Waals surface area contributed by atoms with Crippen LogP contribution in [-0.4, -0.2) is 38.3 Å². The number of hydrogen-bond donors (Lipinski definition) is 2. The number of carbonyl (C=O) groups is 1. The molecule has 5 heteroatoms. The molecule has 1 aliphatic heterocycles. The lowest BCUT2D eigenvalue weighted by atomic mass is 10.1. The maximum absolute atomic E-state index is 11.7. The zero-order valence-electron chi connectivity index (χ0n) is 10.4. The molecule has 0 aromatic carbocycles. The van der Waals surface area contributed by atoms with E-state index in [0.717, 1.165) is 38.4 Å². The maximum Gasteiger partial charge on any atom is 0.225 e. The summed E-state index contributed by atoms with van der Waals surface area (Å²) in [7, 11) is 0. The van der Waals surface area contributed by atoms with Gasteiger partial charge in [0.2, 0.25) is 5.91 Å². The quantitative estimate of drug-likeness (QED) is 0.749. The van der Waals surface area contributed by atoms with Crippen molar-refractivity contribution in [2.24, 2.45) is 11.8 Å². The van der Waals surface area contributed by atoms with E-state index in [1.54, 1.807) is 0 Å². The fraction of sp³-hybridized carbons (Fsp3) is 0.917. The highest BCUT2D eigenvalue weighted by atomic mass is 35.5. The second-order valence-corrected chi connectivity index (χ2v) is 4.77. The third kappa shape index (κ3) is 4.45. The lowest BCUT2D eigenvalue weighted by Gasteiger charge is -2.09. The van der Waals surface area contributed by atoms with Crippen LogP contribution >= 0.6 is 12.4 Å². The lowest BCUT2D eigenvalue weighted by molar-refractivity contribution is -0.123. The van der Waals surface area contributed by atoms with E-state index in [9.17, 15) is 4.79 Å². The summed E-state index contributed by atoms with van der Waals surface area (Å²) in [5, 5.41) is 6.35. The van der Waals surface area contributed by atoms with Crippen LogP contribution in [-0.2, 0) is 9.53 Å². The van der Waals surface area contributed by atoms with Gasteiger partial charge in [0.25, 0.3) is 0 Å². The van der Waals surface area contributed by atoms with Gasteiger partial charge in [0.1, 0.15) is 0 Å². The van der Waals surface area contributed by atoms with Gasteiger partial charge in [-0.15, -0.1) is 12.4 Å². The summed E-state index contributed by atoms with van der Waals surface area (Å²) >= 11 is 0. The number of amides is 1. The topological polar surface area (TPSA) is 50.4 Å². The summed E-state index contributed by atoms with van der Waals surface area (Å²) in [6, 6.07) is 0. The van der Waals surface area contributed by atoms with Gasteiger partial charge in [-0.25, -0.2) is 0 Å². The van der Waals surface area contributed by atoms with Gasteiger partial charge >= 0.3 is 0 Å². The number of nitrogens with one attached hydrogen (secondary N) is 2. The minimum absolute atomic E-state index is 0. The molecule has 3 atom stereocenters. The van der Waals surface area contributed by atoms with Crippen LogP contribution in [0.5, 0.6) is 0 Å². The van der Waals surface area contributed by atoms with E-state index in [0.29, 0.717) is 6.61 Å². The molecule has 0 aromatic rings. The van der Waals surface area contributed by atoms with E-state index >= 15 is 0 Å². The average Bonchev–Trinajstić information content (AvgIpc) is 2.85. The lowest BCUT2D eigenvalue weighted by Crippen LogP contribution is -2.29. The van der Waals surface area contributed by atoms with Gasteiger partial charge < -0.3 is 15.4 Å². The van der Waals surface area contributed by atoms with Crippen LogP contribution in [0.2, 0.25) is 0 Å². The molecule has 1 aliphatic carbocycles. The second-order valence-electron chi connectivity index (χ2n) is 4.77. The Morgan fingerprint density at radius 3 is 3.00 bits per heavy atom. The molecule has 0 radical (unpaired) electrons. The van der Waals surface area contributed by atoms with Crippen LogP contribution in [0.4, 0.5) is 0 Å². The number of rotatable bonds is 6. The third-order valence-electron chi connectivity index (χ3n) is 3.46. The summed E-state index contributed by atoms with van der Waals surface area (Å²) in [5.41, 5.74) is 0. The van der Waals surface area contributed by atoms with Crippen LogP contribution in [0.15, 0.2) is 0 Å². The van der Waals surface area contributed by atoms with Crippen molar-refractivity contribution < 1.29 is 9.53 Å². The van der Waals surface area contributed by atoms with Crippen LogP contribution in [0.25, 0.3) is 0 Å². The predicted octanol–water partition coefficient (Wildman–Crippen LogP) is 0.949. The monoisotopic (exact) mass is 262 g/mol. The van der Waals surface area contributed by atoms with Crippen LogP contribution in [0.3, 0.4) is 0 Å². The normalized spacial score (nSPS) is 30.8. The molecule has 4 nitrogen and oxygen atoms in total. The Morgan fingerprint density at radius 2 is 2.35 bits per heavy atom. The second kappa shape index (κ2) is 7.19. The summed E-state index contributed by atoms with van der Waals surface area (Å²) in [5.74, 6) is 1.06. The van der Waals surface area contributed by atoms with Gasteiger partial charge in [-0.3, -0.25) is 4.79 Å². The average molecular weight is 263 g/mol. The van der Waals surface area contributed by atoms with Gasteiger partial charge in [-0.1, -0.05) is 0 Å². The van der Waals surface area contributed by atoms with Crippen LogP contribution < -0.4 is 10.6 Å². The van der Waals surface area contributed by atoms with E-state index < -0.39 is 0 Å². The molecule has 2 fully saturated rings. The number of halogens is 1. The van der Waals surface area contributed by atoms with Gasteiger partial charge in [0, 0.05) is 13.2 Å². The Balaban J connectivity index is 0.00000144. The Kier molecular flexibility index (Phi) is 6.23. The van der Waals surface area contributed by atoms with Gasteiger partial charge in [0.15, 0.2) is 0 Å². The molecule has 1 saturated heterocycles. The minimum Gasteiger partial charge on any atom is -0.378 e. The van der Waals surface area contributed by atoms with Crippen LogP contribution in [0, 0.1) is 11.8 Å². The molecule has 1 saturated carbocycles. The standard InChI is InChI=1S/C12H22N2O2.ClH/c1-2-16-11-7-10(11)12(15)14-6-4-9-3-5-13-8-9;/h9-11,13H,2-8H2,1H3,(H,14,15);1H. The van der Waals surface area contributed by atoms with E-state index in [4.69, 9.17) is 4.74 Å². The van der Waals surface area contributed by atoms with E-state index in [1.807, 2.05) is 6.92 Å². The van der Waals surface area contributed by atoms with Crippen molar-refractivity contribution in [1.29, 1.82) is 0 Å². The first-order valence-electron chi connectivity index (χ1n) is 6.41. The first-order chi connectivity index (χ1) is 7.81. The van der Waals surface area contributed by atoms with Crippen molar-refractivity contribution in [3.8, 4) is 0 Å². The van der Waals surface area contributed by atoms with Crippen molar-refractivity contribution >= 4 is 18.3 Å². The van der Waals surface area contributed by atoms with Gasteiger partial charge in [-0.05, 0) is 45.2 Å². The molecular formula is C12H23ClN2O2. The van der Waals surface area contributed by atoms with E-state index in [2.05, 4.69) is 10.6 Å². The van der Waals surface area contributed by atoms with Crippen molar-refractivity contribution in [3.05, 3.63) is 0 Å². The summed E-state index contributed by atoms with van der Waals surface area (Å²) in [6.07, 6.45) is 3.45. The summed E-state index contributed by atoms with van der Waals surface area (Å²) < 4.78 is 5.40. The molecule has 2 N–H and O–H groups in total. The molecule has 2 aliphatic rings. The van der Waals surface area contributed by atoms with E-state index in [-0.39, 0.29) is 30.3 Å². The fourth-order valence-corrected chi connectivity index (χ4v) is 2.34. The van der Waals surface area contributed by atoms with Crippen LogP contribution in [0.1, 0.15) is 26.2 Å². The highest BCUT2D eigenvalue weighted by molar-refractivity contribution is 5.85. The fourth-order valence-electron chi connectivity index (χ4n) is 2.34. The smallest absolute Gasteiger partial charge is 0.225 e. The zero-order chi connectivity index (χ0) is 11.4. The molecule has 3 unspecified atom stereocenters. The highest BCUT2D eigenvalue weighted by Crippen LogP contribution is 2.33. The molecular weight excluding hydrogens is 240 g/mol. The first kappa shape index (κ1) is 14.7. The van der Waals surface area contributed by atoms with Gasteiger partial charge in [0.05, 0.1) is 12.0 Å². The molecule has 1 amide bonds. The summed E-state index contributed by atoms with van der Waals surface area (Å²) in [6.45, 7) is 5.75. The van der Waals surface area contributed by atoms with Crippen molar-refractivity contribution in [1.82, 2.24) is 10.6 Å². The van der Waals surface area contributed by atoms with Crippen molar-refractivity contribution in [2.45, 2.75) is 32.3 Å². The van der Waals surface area contributed by atoms with Gasteiger partial charge in [-0.2, -0.15) is 0 Å².